The minimum Gasteiger partial charge on any atom is -0.253 e. The van der Waals surface area contributed by atoms with Crippen molar-refractivity contribution in [2.24, 2.45) is 0 Å². The van der Waals surface area contributed by atoms with E-state index in [9.17, 15) is 4.39 Å². The molecule has 0 aromatic carbocycles. The van der Waals surface area contributed by atoms with E-state index in [1.807, 2.05) is 5.10 Å². The van der Waals surface area contributed by atoms with Gasteiger partial charge in [0, 0.05) is 0 Å². The van der Waals surface area contributed by atoms with Crippen molar-refractivity contribution in [2.75, 3.05) is 0 Å². The van der Waals surface area contributed by atoms with E-state index in [0.717, 1.165) is 0 Å². The molecule has 0 aliphatic rings. The van der Waals surface area contributed by atoms with Crippen LogP contribution >= 0.6 is 0 Å². The molecule has 3 heteroatoms. The predicted octanol–water partition coefficient (Wildman–Crippen LogP) is 0.349. The molecular weight excluding hydrogens is 83.0 g/mol. The van der Waals surface area contributed by atoms with E-state index in [1.165, 1.54) is 6.20 Å². The minimum atomic E-state index is -0.519. The molecule has 1 heterocycles. The Labute approximate surface area is 34.0 Å². The molecule has 0 unspecified atom stereocenters. The maximum atomic E-state index is 11.5. The van der Waals surface area contributed by atoms with Crippen molar-refractivity contribution in [3.8, 4) is 0 Å². The summed E-state index contributed by atoms with van der Waals surface area (Å²) in [6.07, 6.45) is 1.23. The lowest BCUT2D eigenvalue weighted by atomic mass is 10.7. The number of halogens is 1. The van der Waals surface area contributed by atoms with Crippen molar-refractivity contribution in [1.82, 2.24) is 10.2 Å². The van der Waals surface area contributed by atoms with Crippen LogP contribution < -0.4 is 0 Å². The zero-order chi connectivity index (χ0) is 4.41. The normalized spacial score (nSPS) is 8.83. The standard InChI is InChI=1S/C3H2FN2/c4-3-1-2-5-6-3/h2H,(H,5,6). The van der Waals surface area contributed by atoms with Crippen LogP contribution in [0, 0.1) is 12.0 Å². The molecule has 2 nitrogen and oxygen atoms in total. The summed E-state index contributed by atoms with van der Waals surface area (Å²) in [5, 5.41) is 5.29. The van der Waals surface area contributed by atoms with Crippen LogP contribution in [-0.2, 0) is 0 Å². The summed E-state index contributed by atoms with van der Waals surface area (Å²) in [4.78, 5) is 0. The smallest absolute Gasteiger partial charge is 0.216 e. The number of nitrogens with zero attached hydrogens (tertiary/aromatic N) is 1. The van der Waals surface area contributed by atoms with Crippen LogP contribution in [0.25, 0.3) is 0 Å². The second-order valence-corrected chi connectivity index (χ2v) is 0.828. The molecule has 0 saturated carbocycles. The van der Waals surface area contributed by atoms with E-state index in [2.05, 4.69) is 11.2 Å². The molecule has 1 aromatic rings. The Bertz CT molecular complexity index is 112. The lowest BCUT2D eigenvalue weighted by molar-refractivity contribution is 0.577. The third-order valence-electron chi connectivity index (χ3n) is 0.419. The molecule has 0 saturated heterocycles. The van der Waals surface area contributed by atoms with Crippen LogP contribution in [0.5, 0.6) is 0 Å². The van der Waals surface area contributed by atoms with Crippen molar-refractivity contribution in [3.63, 3.8) is 0 Å². The summed E-state index contributed by atoms with van der Waals surface area (Å²) in [5.74, 6) is -0.519. The molecule has 0 spiro atoms. The molecular formula is C3H2FN2. The van der Waals surface area contributed by atoms with Gasteiger partial charge in [0.2, 0.25) is 5.95 Å². The van der Waals surface area contributed by atoms with Gasteiger partial charge < -0.3 is 0 Å². The van der Waals surface area contributed by atoms with Crippen LogP contribution in [-0.4, -0.2) is 10.2 Å². The second kappa shape index (κ2) is 1.08. The number of aromatic amines is 1. The Morgan fingerprint density at radius 3 is 3.00 bits per heavy atom. The van der Waals surface area contributed by atoms with Gasteiger partial charge in [-0.3, -0.25) is 5.10 Å². The Morgan fingerprint density at radius 1 is 2.00 bits per heavy atom. The van der Waals surface area contributed by atoms with E-state index in [-0.39, 0.29) is 0 Å². The maximum Gasteiger partial charge on any atom is 0.216 e. The van der Waals surface area contributed by atoms with Crippen LogP contribution in [0.2, 0.25) is 0 Å². The summed E-state index contributed by atoms with van der Waals surface area (Å²) in [6.45, 7) is 0. The number of nitrogens with one attached hydrogen (secondary N) is 1. The van der Waals surface area contributed by atoms with Crippen LogP contribution in [0.4, 0.5) is 4.39 Å². The third kappa shape index (κ3) is 0.381. The van der Waals surface area contributed by atoms with Crippen molar-refractivity contribution < 1.29 is 4.39 Å². The third-order valence-corrected chi connectivity index (χ3v) is 0.419. The quantitative estimate of drug-likeness (QED) is 0.483. The number of H-pyrrole nitrogens is 1. The van der Waals surface area contributed by atoms with Gasteiger partial charge in [0.05, 0.1) is 12.3 Å². The van der Waals surface area contributed by atoms with Crippen LogP contribution in [0.15, 0.2) is 6.20 Å². The fraction of sp³-hybridized carbons (Fsp3) is 0. The van der Waals surface area contributed by atoms with Gasteiger partial charge in [0.1, 0.15) is 0 Å². The highest BCUT2D eigenvalue weighted by Crippen LogP contribution is 1.80. The Kier molecular flexibility index (Phi) is 0.602. The highest BCUT2D eigenvalue weighted by atomic mass is 19.1. The highest BCUT2D eigenvalue weighted by Gasteiger charge is 1.80. The number of aromatic nitrogens is 2. The van der Waals surface area contributed by atoms with Gasteiger partial charge in [-0.25, -0.2) is 0 Å². The monoisotopic (exact) mass is 85.0 g/mol. The van der Waals surface area contributed by atoms with E-state index >= 15 is 0 Å². The Balaban J connectivity index is 3.05. The first-order valence-electron chi connectivity index (χ1n) is 1.46. The van der Waals surface area contributed by atoms with Gasteiger partial charge in [-0.15, -0.1) is 0 Å². The Hall–Kier alpha value is -0.860. The van der Waals surface area contributed by atoms with E-state index in [4.69, 9.17) is 0 Å². The number of hydrogen-bond acceptors (Lipinski definition) is 1. The molecule has 1 radical (unpaired) electrons. The minimum absolute atomic E-state index is 0.519. The zero-order valence-electron chi connectivity index (χ0n) is 2.90. The fourth-order valence-corrected chi connectivity index (χ4v) is 0.210. The van der Waals surface area contributed by atoms with Gasteiger partial charge in [-0.1, -0.05) is 0 Å². The first kappa shape index (κ1) is 3.33. The Morgan fingerprint density at radius 2 is 2.83 bits per heavy atom. The van der Waals surface area contributed by atoms with Crippen LogP contribution in [0.3, 0.4) is 0 Å². The molecule has 6 heavy (non-hydrogen) atoms. The molecule has 0 aliphatic heterocycles. The summed E-state index contributed by atoms with van der Waals surface area (Å²) >= 11 is 0. The van der Waals surface area contributed by atoms with Gasteiger partial charge in [-0.05, 0) is 0 Å². The van der Waals surface area contributed by atoms with Gasteiger partial charge in [0.15, 0.2) is 0 Å². The second-order valence-electron chi connectivity index (χ2n) is 0.828. The molecule has 0 aliphatic carbocycles. The lowest BCUT2D eigenvalue weighted by Crippen LogP contribution is -1.66. The topological polar surface area (TPSA) is 28.7 Å². The lowest BCUT2D eigenvalue weighted by Gasteiger charge is -1.62. The first-order chi connectivity index (χ1) is 2.89. The molecule has 1 N–H and O–H groups in total. The van der Waals surface area contributed by atoms with Crippen LogP contribution in [0.1, 0.15) is 0 Å². The predicted molar refractivity (Wildman–Crippen MR) is 17.4 cm³/mol. The van der Waals surface area contributed by atoms with Crippen molar-refractivity contribution >= 4 is 0 Å². The summed E-state index contributed by atoms with van der Waals surface area (Å²) < 4.78 is 11.5. The molecule has 1 rings (SSSR count). The average Bonchev–Trinajstić information content (AvgIpc) is 1.86. The highest BCUT2D eigenvalue weighted by molar-refractivity contribution is 4.73. The van der Waals surface area contributed by atoms with E-state index in [1.54, 1.807) is 0 Å². The summed E-state index contributed by atoms with van der Waals surface area (Å²) in [5.41, 5.74) is 0. The summed E-state index contributed by atoms with van der Waals surface area (Å²) in [7, 11) is 0. The van der Waals surface area contributed by atoms with Crippen molar-refractivity contribution in [2.45, 2.75) is 0 Å². The largest absolute Gasteiger partial charge is 0.253 e. The van der Waals surface area contributed by atoms with Gasteiger partial charge in [-0.2, -0.15) is 9.49 Å². The number of rotatable bonds is 0. The number of hydrogen-bond donors (Lipinski definition) is 1. The molecule has 31 valence electrons. The van der Waals surface area contributed by atoms with Crippen molar-refractivity contribution in [3.05, 3.63) is 18.2 Å². The van der Waals surface area contributed by atoms with Gasteiger partial charge in [0.25, 0.3) is 0 Å². The molecule has 0 amide bonds. The SMILES string of the molecule is Fc1[c]cn[nH]1. The maximum absolute atomic E-state index is 11.5. The summed E-state index contributed by atoms with van der Waals surface area (Å²) in [6, 6.07) is 2.17. The molecule has 0 atom stereocenters. The molecule has 0 fully saturated rings. The van der Waals surface area contributed by atoms with Gasteiger partial charge >= 0.3 is 0 Å². The molecule has 0 bridgehead atoms. The fourth-order valence-electron chi connectivity index (χ4n) is 0.210. The zero-order valence-corrected chi connectivity index (χ0v) is 2.90. The average molecular weight is 85.1 g/mol. The van der Waals surface area contributed by atoms with Crippen molar-refractivity contribution in [1.29, 1.82) is 0 Å². The van der Waals surface area contributed by atoms with E-state index in [0.29, 0.717) is 0 Å². The van der Waals surface area contributed by atoms with E-state index < -0.39 is 5.95 Å². The first-order valence-corrected chi connectivity index (χ1v) is 1.46. The molecule has 1 aromatic heterocycles.